The highest BCUT2D eigenvalue weighted by atomic mass is 35.5. The molecule has 0 spiro atoms. The van der Waals surface area contributed by atoms with Gasteiger partial charge in [0.1, 0.15) is 11.5 Å². The summed E-state index contributed by atoms with van der Waals surface area (Å²) in [5.74, 6) is -2.14. The zero-order valence-electron chi connectivity index (χ0n) is 39.1. The molecule has 0 saturated carbocycles. The summed E-state index contributed by atoms with van der Waals surface area (Å²) in [5, 5.41) is 26.5. The summed E-state index contributed by atoms with van der Waals surface area (Å²) in [7, 11) is 0. The van der Waals surface area contributed by atoms with Gasteiger partial charge in [-0.2, -0.15) is 20.5 Å². The number of hydrogen-bond donors (Lipinski definition) is 4. The number of carbonyl (C=O) groups is 6. The zero-order valence-corrected chi connectivity index (χ0v) is 42.9. The van der Waals surface area contributed by atoms with Gasteiger partial charge in [0.15, 0.2) is 11.6 Å². The molecule has 0 aliphatic heterocycles. The van der Waals surface area contributed by atoms with E-state index in [0.29, 0.717) is 66.3 Å². The number of benzene rings is 5. The van der Waals surface area contributed by atoms with Crippen LogP contribution in [0.4, 0.5) is 34.1 Å². The van der Waals surface area contributed by atoms with Gasteiger partial charge in [-0.1, -0.05) is 35.3 Å². The Morgan fingerprint density at radius 1 is 0.563 bits per heavy atom. The fourth-order valence-electron chi connectivity index (χ4n) is 6.74. The van der Waals surface area contributed by atoms with Crippen molar-refractivity contribution in [2.24, 2.45) is 20.5 Å². The summed E-state index contributed by atoms with van der Waals surface area (Å²) in [6.07, 6.45) is 1.16. The molecule has 372 valence electrons. The Morgan fingerprint density at radius 3 is 1.39 bits per heavy atom. The van der Waals surface area contributed by atoms with Crippen LogP contribution in [0.5, 0.6) is 11.5 Å². The molecule has 5 rings (SSSR count). The lowest BCUT2D eigenvalue weighted by atomic mass is 10.1. The lowest BCUT2D eigenvalue weighted by Crippen LogP contribution is -2.32. The number of azo groups is 2. The molecule has 0 aromatic heterocycles. The van der Waals surface area contributed by atoms with Crippen molar-refractivity contribution in [2.45, 2.75) is 64.9 Å². The van der Waals surface area contributed by atoms with Crippen molar-refractivity contribution in [1.29, 1.82) is 0 Å². The fraction of sp³-hybridized carbons (Fsp3) is 0.280. The minimum Gasteiger partial charge on any atom is -0.494 e. The van der Waals surface area contributed by atoms with E-state index in [2.05, 4.69) is 41.7 Å². The number of ketones is 2. The fourth-order valence-corrected chi connectivity index (χ4v) is 7.73. The molecule has 3 atom stereocenters. The molecule has 0 aliphatic rings. The summed E-state index contributed by atoms with van der Waals surface area (Å²) in [6.45, 7) is 8.46. The van der Waals surface area contributed by atoms with E-state index in [1.807, 2.05) is 26.0 Å². The Balaban J connectivity index is 1.27. The lowest BCUT2D eigenvalue weighted by molar-refractivity contribution is -0.127. The monoisotopic (exact) mass is 1060 g/mol. The van der Waals surface area contributed by atoms with Gasteiger partial charge < -0.3 is 30.7 Å². The van der Waals surface area contributed by atoms with E-state index in [1.54, 1.807) is 31.2 Å². The maximum atomic E-state index is 13.6. The molecule has 0 fully saturated rings. The number of hydrogen-bond acceptors (Lipinski definition) is 12. The molecule has 4 N–H and O–H groups in total. The van der Waals surface area contributed by atoms with Crippen LogP contribution in [0.15, 0.2) is 111 Å². The Kier molecular flexibility index (Phi) is 20.9. The summed E-state index contributed by atoms with van der Waals surface area (Å²) < 4.78 is 11.4. The molecule has 4 amide bonds. The van der Waals surface area contributed by atoms with E-state index < -0.39 is 52.7 Å². The molecule has 0 radical (unpaired) electrons. The molecule has 5 aromatic carbocycles. The van der Waals surface area contributed by atoms with E-state index in [4.69, 9.17) is 67.5 Å². The third-order valence-corrected chi connectivity index (χ3v) is 11.5. The highest BCUT2D eigenvalue weighted by Gasteiger charge is 2.27. The first kappa shape index (κ1) is 55.5. The third-order valence-electron chi connectivity index (χ3n) is 10.2. The minimum atomic E-state index is -1.62. The number of anilines is 4. The average molecular weight is 1070 g/mol. The van der Waals surface area contributed by atoms with Gasteiger partial charge in [0.05, 0.1) is 51.1 Å². The molecule has 0 heterocycles. The largest absolute Gasteiger partial charge is 0.494 e. The van der Waals surface area contributed by atoms with Crippen molar-refractivity contribution >= 4 is 127 Å². The molecule has 16 nitrogen and oxygen atoms in total. The molecule has 71 heavy (non-hydrogen) atoms. The number of nitrogens with zero attached hydrogens (tertiary/aromatic N) is 4. The van der Waals surface area contributed by atoms with Crippen LogP contribution in [0.3, 0.4) is 0 Å². The van der Waals surface area contributed by atoms with Gasteiger partial charge in [-0.15, -0.1) is 34.8 Å². The van der Waals surface area contributed by atoms with Gasteiger partial charge >= 0.3 is 0 Å². The van der Waals surface area contributed by atoms with E-state index in [9.17, 15) is 28.8 Å². The summed E-state index contributed by atoms with van der Waals surface area (Å²) in [6, 6.07) is 20.1. The molecular formula is C50H49Cl5N8O8. The van der Waals surface area contributed by atoms with E-state index in [-0.39, 0.29) is 43.9 Å². The number of Topliss-reactive ketones (excluding diaryl/α,β-unsaturated/α-hetero) is 2. The summed E-state index contributed by atoms with van der Waals surface area (Å²) in [4.78, 5) is 79.2. The van der Waals surface area contributed by atoms with Crippen LogP contribution < -0.4 is 30.7 Å². The van der Waals surface area contributed by atoms with Crippen LogP contribution in [0, 0.1) is 0 Å². The first-order valence-corrected chi connectivity index (χ1v) is 24.3. The Morgan fingerprint density at radius 2 is 0.986 bits per heavy atom. The highest BCUT2D eigenvalue weighted by molar-refractivity contribution is 6.35. The number of alkyl halides is 3. The van der Waals surface area contributed by atoms with Crippen LogP contribution in [0.25, 0.3) is 0 Å². The molecule has 3 unspecified atom stereocenters. The lowest BCUT2D eigenvalue weighted by Gasteiger charge is -2.17. The predicted octanol–water partition coefficient (Wildman–Crippen LogP) is 12.5. The molecule has 21 heteroatoms. The van der Waals surface area contributed by atoms with Gasteiger partial charge in [-0.05, 0) is 131 Å². The number of amides is 4. The van der Waals surface area contributed by atoms with Crippen LogP contribution >= 0.6 is 58.0 Å². The third kappa shape index (κ3) is 15.5. The first-order valence-electron chi connectivity index (χ1n) is 22.0. The highest BCUT2D eigenvalue weighted by Crippen LogP contribution is 2.33. The summed E-state index contributed by atoms with van der Waals surface area (Å²) >= 11 is 31.2. The van der Waals surface area contributed by atoms with Crippen molar-refractivity contribution in [3.63, 3.8) is 0 Å². The first-order chi connectivity index (χ1) is 34.0. The van der Waals surface area contributed by atoms with E-state index in [0.717, 1.165) is 18.1 Å². The second kappa shape index (κ2) is 26.7. The second-order valence-corrected chi connectivity index (χ2v) is 17.7. The number of nitrogens with one attached hydrogen (secondary N) is 4. The predicted molar refractivity (Wildman–Crippen MR) is 279 cm³/mol. The van der Waals surface area contributed by atoms with Crippen molar-refractivity contribution in [3.05, 3.63) is 129 Å². The maximum Gasteiger partial charge on any atom is 0.258 e. The van der Waals surface area contributed by atoms with Crippen LogP contribution in [0.1, 0.15) is 77.4 Å². The SMILES string of the molecule is CCOc1cc(NC(=O)c2cc(N=NC(C(C)=O)C(=O)Nc3ccc(NC(=O)C(N=Nc4ccc(Cl)c(C(=O)Nc5ccc(CCCl)c(OCC)c5)c4)C(C)=O)c(C(C)Cl)c3)ccc2Cl)ccc1CCCl. The topological polar surface area (TPSA) is 218 Å². The van der Waals surface area contributed by atoms with Crippen molar-refractivity contribution in [1.82, 2.24) is 0 Å². The number of rotatable bonds is 23. The normalized spacial score (nSPS) is 12.5. The number of aryl methyl sites for hydroxylation is 2. The number of ether oxygens (including phenoxy) is 2. The molecular weight excluding hydrogens is 1020 g/mol. The zero-order chi connectivity index (χ0) is 51.8. The van der Waals surface area contributed by atoms with Gasteiger partial charge in [-0.25, -0.2) is 0 Å². The van der Waals surface area contributed by atoms with Gasteiger partial charge in [0, 0.05) is 46.6 Å². The molecule has 0 aliphatic carbocycles. The van der Waals surface area contributed by atoms with E-state index in [1.165, 1.54) is 61.5 Å². The summed E-state index contributed by atoms with van der Waals surface area (Å²) in [5.41, 5.74) is 3.75. The maximum absolute atomic E-state index is 13.6. The van der Waals surface area contributed by atoms with Gasteiger partial charge in [-0.3, -0.25) is 28.8 Å². The Bertz CT molecular complexity index is 2860. The van der Waals surface area contributed by atoms with Crippen LogP contribution in [0.2, 0.25) is 10.0 Å². The number of carbonyl (C=O) groups excluding carboxylic acids is 6. The average Bonchev–Trinajstić information content (AvgIpc) is 3.32. The van der Waals surface area contributed by atoms with Gasteiger partial charge in [0.2, 0.25) is 12.1 Å². The van der Waals surface area contributed by atoms with E-state index >= 15 is 0 Å². The van der Waals surface area contributed by atoms with Crippen LogP contribution in [-0.4, -0.2) is 72.3 Å². The smallest absolute Gasteiger partial charge is 0.258 e. The van der Waals surface area contributed by atoms with Crippen molar-refractivity contribution in [3.8, 4) is 11.5 Å². The second-order valence-electron chi connectivity index (χ2n) is 15.5. The Labute approximate surface area is 435 Å². The molecule has 5 aromatic rings. The Hall–Kier alpha value is -6.43. The van der Waals surface area contributed by atoms with Crippen molar-refractivity contribution < 1.29 is 38.2 Å². The van der Waals surface area contributed by atoms with Gasteiger partial charge in [0.25, 0.3) is 23.6 Å². The molecule has 0 bridgehead atoms. The van der Waals surface area contributed by atoms with Crippen LogP contribution in [-0.2, 0) is 32.0 Å². The number of halogens is 5. The van der Waals surface area contributed by atoms with Crippen molar-refractivity contribution in [2.75, 3.05) is 46.2 Å². The molecule has 0 saturated heterocycles. The quantitative estimate of drug-likeness (QED) is 0.0279. The standard InChI is InChI=1S/C50H49Cl5N8O8/c1-6-70-43-25-33(10-8-30(43)18-20-51)56-47(66)38-23-35(12-15-40(38)54)60-62-45(28(4)64)49(68)58-32-14-17-42(37(22-32)27(3)53)59-50(69)46(29(5)65)63-61-36-13-16-41(55)39(24-36)48(67)57-34-11-9-31(19-21-52)44(26-34)71-7-2/h8-17,22-27,45-46H,6-7,18-21H2,1-5H3,(H,56,66)(H,57,67)(H,58,68)(H,59,69). The minimum absolute atomic E-state index is 0.0522.